The first-order valence-electron chi connectivity index (χ1n) is 3.90. The van der Waals surface area contributed by atoms with Crippen LogP contribution in [0.5, 0.6) is 0 Å². The van der Waals surface area contributed by atoms with Crippen LogP contribution < -0.4 is 11.3 Å². The summed E-state index contributed by atoms with van der Waals surface area (Å²) in [4.78, 5) is 0. The lowest BCUT2D eigenvalue weighted by atomic mass is 10.0. The van der Waals surface area contributed by atoms with Crippen molar-refractivity contribution in [1.82, 2.24) is 0 Å². The molecule has 0 spiro atoms. The molecule has 66 valence electrons. The van der Waals surface area contributed by atoms with Crippen molar-refractivity contribution in [1.29, 1.82) is 0 Å². The van der Waals surface area contributed by atoms with Gasteiger partial charge in [0, 0.05) is 10.2 Å². The van der Waals surface area contributed by atoms with Gasteiger partial charge in [-0.2, -0.15) is 0 Å². The summed E-state index contributed by atoms with van der Waals surface area (Å²) in [6.07, 6.45) is 0. The van der Waals surface area contributed by atoms with Gasteiger partial charge in [0.15, 0.2) is 0 Å². The molecule has 0 aliphatic rings. The molecule has 0 amide bonds. The summed E-state index contributed by atoms with van der Waals surface area (Å²) in [5.41, 5.74) is 4.85. The van der Waals surface area contributed by atoms with Crippen LogP contribution in [-0.4, -0.2) is 0 Å². The number of hydrogen-bond donors (Lipinski definition) is 2. The molecule has 0 radical (unpaired) electrons. The van der Waals surface area contributed by atoms with Crippen LogP contribution in [0.15, 0.2) is 22.7 Å². The predicted octanol–water partition coefficient (Wildman–Crippen LogP) is 2.86. The van der Waals surface area contributed by atoms with Gasteiger partial charge in [0.1, 0.15) is 0 Å². The molecule has 0 bridgehead atoms. The second kappa shape index (κ2) is 3.92. The molecule has 0 aliphatic heterocycles. The lowest BCUT2D eigenvalue weighted by Gasteiger charge is -2.08. The Labute approximate surface area is 81.3 Å². The molecule has 1 aromatic rings. The van der Waals surface area contributed by atoms with Crippen LogP contribution in [0.2, 0.25) is 0 Å². The Balaban J connectivity index is 3.06. The first-order chi connectivity index (χ1) is 5.63. The van der Waals surface area contributed by atoms with E-state index in [0.717, 1.165) is 10.2 Å². The Morgan fingerprint density at radius 1 is 1.33 bits per heavy atom. The Hall–Kier alpha value is -0.540. The molecule has 1 rings (SSSR count). The number of hydrazine groups is 1. The number of rotatable bonds is 2. The van der Waals surface area contributed by atoms with Gasteiger partial charge in [0.05, 0.1) is 0 Å². The van der Waals surface area contributed by atoms with Crippen molar-refractivity contribution in [3.63, 3.8) is 0 Å². The summed E-state index contributed by atoms with van der Waals surface area (Å²) in [5.74, 6) is 5.84. The quantitative estimate of drug-likeness (QED) is 0.604. The molecule has 3 N–H and O–H groups in total. The summed E-state index contributed by atoms with van der Waals surface area (Å²) in [7, 11) is 0. The van der Waals surface area contributed by atoms with Gasteiger partial charge in [0.2, 0.25) is 0 Å². The highest BCUT2D eigenvalue weighted by molar-refractivity contribution is 9.10. The molecule has 2 nitrogen and oxygen atoms in total. The van der Waals surface area contributed by atoms with Crippen molar-refractivity contribution in [2.75, 3.05) is 5.43 Å². The van der Waals surface area contributed by atoms with Gasteiger partial charge in [0.25, 0.3) is 0 Å². The van der Waals surface area contributed by atoms with E-state index in [1.54, 1.807) is 0 Å². The molecule has 1 aromatic carbocycles. The number of nitrogens with two attached hydrogens (primary N) is 1. The van der Waals surface area contributed by atoms with E-state index >= 15 is 0 Å². The second-order valence-corrected chi connectivity index (χ2v) is 3.99. The molecule has 0 heterocycles. The highest BCUT2D eigenvalue weighted by atomic mass is 79.9. The molecular weight excluding hydrogens is 216 g/mol. The van der Waals surface area contributed by atoms with Crippen molar-refractivity contribution >= 4 is 21.6 Å². The van der Waals surface area contributed by atoms with Gasteiger partial charge in [-0.15, -0.1) is 0 Å². The topological polar surface area (TPSA) is 38.0 Å². The van der Waals surface area contributed by atoms with Crippen molar-refractivity contribution in [2.24, 2.45) is 5.84 Å². The Kier molecular flexibility index (Phi) is 3.12. The van der Waals surface area contributed by atoms with Crippen molar-refractivity contribution in [3.8, 4) is 0 Å². The average molecular weight is 229 g/mol. The molecule has 0 fully saturated rings. The molecule has 0 unspecified atom stereocenters. The first-order valence-corrected chi connectivity index (χ1v) is 4.70. The number of anilines is 1. The molecule has 3 heteroatoms. The zero-order valence-corrected chi connectivity index (χ0v) is 8.85. The average Bonchev–Trinajstić information content (AvgIpc) is 2.03. The Bertz CT molecular complexity index is 271. The third-order valence-electron chi connectivity index (χ3n) is 1.75. The summed E-state index contributed by atoms with van der Waals surface area (Å²) in [5, 5.41) is 0. The van der Waals surface area contributed by atoms with Crippen LogP contribution in [0.4, 0.5) is 5.69 Å². The molecule has 0 aliphatic carbocycles. The van der Waals surface area contributed by atoms with Crippen LogP contribution >= 0.6 is 15.9 Å². The zero-order chi connectivity index (χ0) is 9.14. The predicted molar refractivity (Wildman–Crippen MR) is 56.0 cm³/mol. The summed E-state index contributed by atoms with van der Waals surface area (Å²) >= 11 is 3.43. The maximum absolute atomic E-state index is 5.32. The lowest BCUT2D eigenvalue weighted by molar-refractivity contribution is 0.866. The number of hydrogen-bond acceptors (Lipinski definition) is 2. The van der Waals surface area contributed by atoms with E-state index in [0.29, 0.717) is 5.92 Å². The second-order valence-electron chi connectivity index (χ2n) is 3.07. The van der Waals surface area contributed by atoms with E-state index < -0.39 is 0 Å². The van der Waals surface area contributed by atoms with Gasteiger partial charge < -0.3 is 5.43 Å². The van der Waals surface area contributed by atoms with Crippen LogP contribution in [0, 0.1) is 0 Å². The third-order valence-corrected chi connectivity index (χ3v) is 2.21. The van der Waals surface area contributed by atoms with Crippen molar-refractivity contribution in [3.05, 3.63) is 28.2 Å². The summed E-state index contributed by atoms with van der Waals surface area (Å²) in [6.45, 7) is 4.31. The lowest BCUT2D eigenvalue weighted by Crippen LogP contribution is -2.07. The normalized spacial score (nSPS) is 10.4. The fraction of sp³-hybridized carbons (Fsp3) is 0.333. The monoisotopic (exact) mass is 228 g/mol. The van der Waals surface area contributed by atoms with E-state index in [2.05, 4.69) is 47.3 Å². The standard InChI is InChI=1S/C9H13BrN2/c1-6(2)7-3-8(10)5-9(4-7)12-11/h3-6,12H,11H2,1-2H3. The van der Waals surface area contributed by atoms with Gasteiger partial charge >= 0.3 is 0 Å². The minimum Gasteiger partial charge on any atom is -0.324 e. The van der Waals surface area contributed by atoms with Crippen LogP contribution in [0.25, 0.3) is 0 Å². The number of halogens is 1. The fourth-order valence-corrected chi connectivity index (χ4v) is 1.54. The van der Waals surface area contributed by atoms with Crippen LogP contribution in [0.3, 0.4) is 0 Å². The maximum atomic E-state index is 5.32. The fourth-order valence-electron chi connectivity index (χ4n) is 1.03. The van der Waals surface area contributed by atoms with E-state index in [4.69, 9.17) is 5.84 Å². The minimum atomic E-state index is 0.523. The van der Waals surface area contributed by atoms with Crippen LogP contribution in [0.1, 0.15) is 25.3 Å². The smallest absolute Gasteiger partial charge is 0.0499 e. The Morgan fingerprint density at radius 3 is 2.50 bits per heavy atom. The number of benzene rings is 1. The SMILES string of the molecule is CC(C)c1cc(Br)cc(NN)c1. The number of nitrogens with one attached hydrogen (secondary N) is 1. The third kappa shape index (κ3) is 2.22. The molecule has 0 atom stereocenters. The Morgan fingerprint density at radius 2 is 2.00 bits per heavy atom. The first kappa shape index (κ1) is 9.55. The van der Waals surface area contributed by atoms with Crippen LogP contribution in [-0.2, 0) is 0 Å². The van der Waals surface area contributed by atoms with Crippen molar-refractivity contribution in [2.45, 2.75) is 19.8 Å². The van der Waals surface area contributed by atoms with Gasteiger partial charge in [-0.25, -0.2) is 0 Å². The van der Waals surface area contributed by atoms with E-state index in [1.807, 2.05) is 6.07 Å². The highest BCUT2D eigenvalue weighted by Gasteiger charge is 2.01. The maximum Gasteiger partial charge on any atom is 0.0499 e. The number of nitrogen functional groups attached to an aromatic ring is 1. The van der Waals surface area contributed by atoms with E-state index in [1.165, 1.54) is 5.56 Å². The van der Waals surface area contributed by atoms with E-state index in [-0.39, 0.29) is 0 Å². The molecule has 0 saturated carbocycles. The van der Waals surface area contributed by atoms with Crippen molar-refractivity contribution < 1.29 is 0 Å². The highest BCUT2D eigenvalue weighted by Crippen LogP contribution is 2.23. The summed E-state index contributed by atoms with van der Waals surface area (Å²) in [6, 6.07) is 6.10. The molecule has 0 saturated heterocycles. The van der Waals surface area contributed by atoms with Gasteiger partial charge in [-0.05, 0) is 29.7 Å². The minimum absolute atomic E-state index is 0.523. The summed E-state index contributed by atoms with van der Waals surface area (Å²) < 4.78 is 1.06. The van der Waals surface area contributed by atoms with Gasteiger partial charge in [-0.3, -0.25) is 5.84 Å². The van der Waals surface area contributed by atoms with Gasteiger partial charge in [-0.1, -0.05) is 29.8 Å². The zero-order valence-electron chi connectivity index (χ0n) is 7.26. The molecule has 0 aromatic heterocycles. The molecular formula is C9H13BrN2. The molecule has 12 heavy (non-hydrogen) atoms. The largest absolute Gasteiger partial charge is 0.324 e. The van der Waals surface area contributed by atoms with E-state index in [9.17, 15) is 0 Å².